The van der Waals surface area contributed by atoms with Gasteiger partial charge in [0.1, 0.15) is 5.60 Å². The fourth-order valence-corrected chi connectivity index (χ4v) is 2.14. The molecule has 0 heterocycles. The molecule has 2 N–H and O–H groups in total. The molecule has 0 aliphatic heterocycles. The number of esters is 1. The molecule has 0 spiro atoms. The fraction of sp³-hybridized carbons (Fsp3) is 0.167. The lowest BCUT2D eigenvalue weighted by atomic mass is 9.95. The third-order valence-corrected chi connectivity index (χ3v) is 3.36. The number of benzene rings is 1. The smallest absolute Gasteiger partial charge is 0.339 e. The van der Waals surface area contributed by atoms with Crippen molar-refractivity contribution in [3.8, 4) is 0 Å². The summed E-state index contributed by atoms with van der Waals surface area (Å²) in [4.78, 5) is 34.7. The predicted molar refractivity (Wildman–Crippen MR) is 88.3 cm³/mol. The first kappa shape index (κ1) is 18.9. The molecule has 0 bridgehead atoms. The van der Waals surface area contributed by atoms with Crippen LogP contribution >= 0.6 is 0 Å². The monoisotopic (exact) mass is 330 g/mol. The minimum atomic E-state index is -1.43. The Balaban J connectivity index is 3.29. The summed E-state index contributed by atoms with van der Waals surface area (Å²) in [5, 5.41) is 18.2. The van der Waals surface area contributed by atoms with Gasteiger partial charge >= 0.3 is 17.9 Å². The first-order chi connectivity index (χ1) is 11.3. The molecule has 6 nitrogen and oxygen atoms in total. The quantitative estimate of drug-likeness (QED) is 0.532. The predicted octanol–water partition coefficient (Wildman–Crippen LogP) is 3.32. The summed E-state index contributed by atoms with van der Waals surface area (Å²) >= 11 is 0. The number of carboxylic acid groups (broad SMARTS) is 2. The molecular formula is C18H18O6. The Hall–Kier alpha value is -3.15. The second-order valence-electron chi connectivity index (χ2n) is 5.01. The summed E-state index contributed by atoms with van der Waals surface area (Å²) in [6, 6.07) is 3.17. The van der Waals surface area contributed by atoms with E-state index in [9.17, 15) is 19.5 Å². The number of carbonyl (C=O) groups excluding carboxylic acids is 1. The highest BCUT2D eigenvalue weighted by Crippen LogP contribution is 2.26. The van der Waals surface area contributed by atoms with Crippen molar-refractivity contribution in [3.63, 3.8) is 0 Å². The molecule has 1 aromatic rings. The molecule has 0 fully saturated rings. The van der Waals surface area contributed by atoms with E-state index in [1.54, 1.807) is 12.2 Å². The maximum Gasteiger partial charge on any atom is 0.339 e. The number of hydrogen-bond donors (Lipinski definition) is 2. The zero-order chi connectivity index (χ0) is 18.3. The maximum atomic E-state index is 12.4. The van der Waals surface area contributed by atoms with E-state index in [1.165, 1.54) is 6.08 Å². The molecular weight excluding hydrogens is 312 g/mol. The van der Waals surface area contributed by atoms with Crippen LogP contribution in [-0.4, -0.2) is 33.7 Å². The van der Waals surface area contributed by atoms with Gasteiger partial charge in [-0.2, -0.15) is 0 Å². The van der Waals surface area contributed by atoms with Gasteiger partial charge < -0.3 is 14.9 Å². The lowest BCUT2D eigenvalue weighted by Crippen LogP contribution is -2.32. The molecule has 24 heavy (non-hydrogen) atoms. The Morgan fingerprint density at radius 3 is 2.00 bits per heavy atom. The highest BCUT2D eigenvalue weighted by molar-refractivity contribution is 6.04. The van der Waals surface area contributed by atoms with Crippen molar-refractivity contribution >= 4 is 17.9 Å². The van der Waals surface area contributed by atoms with Gasteiger partial charge in [0.05, 0.1) is 16.7 Å². The molecule has 126 valence electrons. The van der Waals surface area contributed by atoms with E-state index in [0.717, 1.165) is 18.2 Å². The number of carbonyl (C=O) groups is 3. The van der Waals surface area contributed by atoms with E-state index in [2.05, 4.69) is 19.7 Å². The Morgan fingerprint density at radius 1 is 1.00 bits per heavy atom. The van der Waals surface area contributed by atoms with Crippen LogP contribution in [0.2, 0.25) is 0 Å². The number of hydrogen-bond acceptors (Lipinski definition) is 4. The number of aromatic carboxylic acids is 2. The van der Waals surface area contributed by atoms with Crippen molar-refractivity contribution in [3.05, 3.63) is 72.9 Å². The molecule has 0 amide bonds. The lowest BCUT2D eigenvalue weighted by Gasteiger charge is -2.28. The van der Waals surface area contributed by atoms with Crippen LogP contribution in [0.15, 0.2) is 56.2 Å². The third-order valence-electron chi connectivity index (χ3n) is 3.36. The van der Waals surface area contributed by atoms with Crippen molar-refractivity contribution in [1.29, 1.82) is 0 Å². The zero-order valence-electron chi connectivity index (χ0n) is 13.0. The molecule has 0 saturated carbocycles. The van der Waals surface area contributed by atoms with Crippen molar-refractivity contribution < 1.29 is 29.3 Å². The summed E-state index contributed by atoms with van der Waals surface area (Å²) in [5.41, 5.74) is -2.03. The Bertz CT molecular complexity index is 691. The molecule has 0 unspecified atom stereocenters. The molecule has 0 aliphatic carbocycles. The van der Waals surface area contributed by atoms with Crippen LogP contribution in [-0.2, 0) is 4.74 Å². The van der Waals surface area contributed by atoms with Gasteiger partial charge in [-0.25, -0.2) is 14.4 Å². The van der Waals surface area contributed by atoms with Gasteiger partial charge in [-0.05, 0) is 24.3 Å². The molecule has 0 atom stereocenters. The van der Waals surface area contributed by atoms with E-state index in [1.807, 2.05) is 0 Å². The lowest BCUT2D eigenvalue weighted by molar-refractivity contribution is 0.00583. The van der Waals surface area contributed by atoms with Crippen molar-refractivity contribution in [2.24, 2.45) is 0 Å². The largest absolute Gasteiger partial charge is 0.478 e. The Kier molecular flexibility index (Phi) is 6.23. The van der Waals surface area contributed by atoms with Gasteiger partial charge in [0.15, 0.2) is 0 Å². The minimum Gasteiger partial charge on any atom is -0.478 e. The van der Waals surface area contributed by atoms with Crippen LogP contribution < -0.4 is 0 Å². The summed E-state index contributed by atoms with van der Waals surface area (Å²) < 4.78 is 5.44. The second-order valence-corrected chi connectivity index (χ2v) is 5.01. The van der Waals surface area contributed by atoms with Crippen LogP contribution in [0, 0.1) is 0 Å². The Labute approximate surface area is 139 Å². The van der Waals surface area contributed by atoms with Gasteiger partial charge in [-0.1, -0.05) is 18.7 Å². The van der Waals surface area contributed by atoms with Crippen LogP contribution in [0.5, 0.6) is 0 Å². The number of carboxylic acids is 2. The minimum absolute atomic E-state index is 0.240. The Morgan fingerprint density at radius 2 is 1.58 bits per heavy atom. The summed E-state index contributed by atoms with van der Waals surface area (Å²) in [6.45, 7) is 10.8. The van der Waals surface area contributed by atoms with Crippen LogP contribution in [0.25, 0.3) is 0 Å². The SMILES string of the molecule is C=CCC(C=C)(CC=C)OC(=O)c1ccc(C(=O)O)cc1C(=O)O. The van der Waals surface area contributed by atoms with Gasteiger partial charge in [0.25, 0.3) is 0 Å². The van der Waals surface area contributed by atoms with Crippen LogP contribution in [0.4, 0.5) is 0 Å². The first-order valence-electron chi connectivity index (χ1n) is 6.99. The van der Waals surface area contributed by atoms with E-state index >= 15 is 0 Å². The van der Waals surface area contributed by atoms with Crippen LogP contribution in [0.1, 0.15) is 43.9 Å². The average Bonchev–Trinajstić information content (AvgIpc) is 2.54. The summed E-state index contributed by atoms with van der Waals surface area (Å²) in [6.07, 6.45) is 5.06. The number of rotatable bonds is 9. The van der Waals surface area contributed by atoms with Gasteiger partial charge in [-0.15, -0.1) is 13.2 Å². The number of ether oxygens (including phenoxy) is 1. The molecule has 6 heteroatoms. The second kappa shape index (κ2) is 7.92. The molecule has 0 saturated heterocycles. The standard InChI is InChI=1S/C18H18O6/c1-4-9-18(6-3,10-5-2)24-17(23)13-8-7-12(15(19)20)11-14(13)16(21)22/h4-8,11H,1-3,9-10H2,(H,19,20)(H,21,22). The highest BCUT2D eigenvalue weighted by atomic mass is 16.6. The van der Waals surface area contributed by atoms with E-state index in [-0.39, 0.29) is 24.0 Å². The van der Waals surface area contributed by atoms with E-state index < -0.39 is 29.1 Å². The molecule has 1 aromatic carbocycles. The summed E-state index contributed by atoms with van der Waals surface area (Å²) in [5.74, 6) is -3.62. The fourth-order valence-electron chi connectivity index (χ4n) is 2.14. The van der Waals surface area contributed by atoms with Crippen molar-refractivity contribution in [2.75, 3.05) is 0 Å². The average molecular weight is 330 g/mol. The molecule has 0 aromatic heterocycles. The van der Waals surface area contributed by atoms with Crippen molar-refractivity contribution in [1.82, 2.24) is 0 Å². The highest BCUT2D eigenvalue weighted by Gasteiger charge is 2.31. The van der Waals surface area contributed by atoms with E-state index in [0.29, 0.717) is 0 Å². The maximum absolute atomic E-state index is 12.4. The zero-order valence-corrected chi connectivity index (χ0v) is 13.0. The third kappa shape index (κ3) is 4.19. The van der Waals surface area contributed by atoms with Gasteiger partial charge in [-0.3, -0.25) is 0 Å². The molecule has 0 aliphatic rings. The van der Waals surface area contributed by atoms with Gasteiger partial charge in [0, 0.05) is 12.8 Å². The van der Waals surface area contributed by atoms with Gasteiger partial charge in [0.2, 0.25) is 0 Å². The topological polar surface area (TPSA) is 101 Å². The van der Waals surface area contributed by atoms with E-state index in [4.69, 9.17) is 9.84 Å². The first-order valence-corrected chi connectivity index (χ1v) is 6.99. The molecule has 0 radical (unpaired) electrons. The normalized spacial score (nSPS) is 10.5. The molecule has 1 rings (SSSR count). The van der Waals surface area contributed by atoms with Crippen molar-refractivity contribution in [2.45, 2.75) is 18.4 Å². The van der Waals surface area contributed by atoms with Crippen LogP contribution in [0.3, 0.4) is 0 Å². The summed E-state index contributed by atoms with van der Waals surface area (Å²) in [7, 11) is 0.